The topological polar surface area (TPSA) is 21.3 Å². The molecule has 3 aromatic carbocycles. The van der Waals surface area contributed by atoms with E-state index in [4.69, 9.17) is 4.74 Å². The second kappa shape index (κ2) is 10.3. The van der Waals surface area contributed by atoms with Crippen LogP contribution < -0.4 is 10.1 Å². The van der Waals surface area contributed by atoms with E-state index in [1.165, 1.54) is 11.1 Å². The van der Waals surface area contributed by atoms with Crippen molar-refractivity contribution in [2.75, 3.05) is 6.61 Å². The van der Waals surface area contributed by atoms with Gasteiger partial charge in [-0.2, -0.15) is 0 Å². The molecule has 3 rings (SSSR count). The average molecular weight is 370 g/mol. The van der Waals surface area contributed by atoms with Gasteiger partial charge in [0.05, 0.1) is 6.61 Å². The lowest BCUT2D eigenvalue weighted by molar-refractivity contribution is 0.340. The van der Waals surface area contributed by atoms with Crippen molar-refractivity contribution in [2.24, 2.45) is 0 Å². The van der Waals surface area contributed by atoms with Crippen LogP contribution >= 0.6 is 0 Å². The quantitative estimate of drug-likeness (QED) is 0.578. The first-order chi connectivity index (χ1) is 13.7. The summed E-state index contributed by atoms with van der Waals surface area (Å²) in [7, 11) is 0. The van der Waals surface area contributed by atoms with Gasteiger partial charge in [-0.05, 0) is 67.8 Å². The number of benzene rings is 3. The van der Waals surface area contributed by atoms with Gasteiger partial charge in [0, 0.05) is 23.7 Å². The van der Waals surface area contributed by atoms with E-state index < -0.39 is 0 Å². The standard InChI is InChI=1S/C26H27NO/c1-3-28-26-17-15-23(16-18-26)10-9-22-11-13-24(14-12-22)19-21(2)27-20-25-7-5-4-6-8-25/h4-8,11-18,21,27H,3,19-20H2,1-2H3. The molecule has 1 N–H and O–H groups in total. The highest BCUT2D eigenvalue weighted by Crippen LogP contribution is 2.12. The van der Waals surface area contributed by atoms with Crippen molar-refractivity contribution in [1.29, 1.82) is 0 Å². The van der Waals surface area contributed by atoms with E-state index in [1.54, 1.807) is 0 Å². The van der Waals surface area contributed by atoms with Crippen LogP contribution in [0.2, 0.25) is 0 Å². The minimum absolute atomic E-state index is 0.418. The fourth-order valence-electron chi connectivity index (χ4n) is 2.98. The lowest BCUT2D eigenvalue weighted by atomic mass is 10.0. The Morgan fingerprint density at radius 2 is 1.39 bits per heavy atom. The van der Waals surface area contributed by atoms with Gasteiger partial charge in [0.1, 0.15) is 5.75 Å². The van der Waals surface area contributed by atoms with Gasteiger partial charge in [-0.1, -0.05) is 54.3 Å². The molecule has 2 nitrogen and oxygen atoms in total. The van der Waals surface area contributed by atoms with Crippen molar-refractivity contribution in [3.63, 3.8) is 0 Å². The summed E-state index contributed by atoms with van der Waals surface area (Å²) in [6.45, 7) is 5.78. The molecule has 142 valence electrons. The third-order valence-electron chi connectivity index (χ3n) is 4.51. The number of hydrogen-bond acceptors (Lipinski definition) is 2. The van der Waals surface area contributed by atoms with E-state index in [1.807, 2.05) is 37.3 Å². The molecule has 0 aliphatic rings. The first-order valence-corrected chi connectivity index (χ1v) is 9.84. The van der Waals surface area contributed by atoms with E-state index in [-0.39, 0.29) is 0 Å². The zero-order valence-corrected chi connectivity index (χ0v) is 16.6. The summed E-state index contributed by atoms with van der Waals surface area (Å²) in [5.41, 5.74) is 4.66. The maximum absolute atomic E-state index is 5.46. The molecule has 0 aliphatic heterocycles. The average Bonchev–Trinajstić information content (AvgIpc) is 2.74. The summed E-state index contributed by atoms with van der Waals surface area (Å²) in [4.78, 5) is 0. The first-order valence-electron chi connectivity index (χ1n) is 9.84. The summed E-state index contributed by atoms with van der Waals surface area (Å²) in [6.07, 6.45) is 0.999. The molecule has 3 aromatic rings. The third-order valence-corrected chi connectivity index (χ3v) is 4.51. The number of rotatable bonds is 7. The molecule has 0 saturated heterocycles. The van der Waals surface area contributed by atoms with Crippen LogP contribution in [0, 0.1) is 11.8 Å². The van der Waals surface area contributed by atoms with Gasteiger partial charge in [-0.25, -0.2) is 0 Å². The van der Waals surface area contributed by atoms with Crippen LogP contribution in [0.4, 0.5) is 0 Å². The summed E-state index contributed by atoms with van der Waals surface area (Å²) in [5, 5.41) is 3.58. The maximum atomic E-state index is 5.46. The summed E-state index contributed by atoms with van der Waals surface area (Å²) in [5.74, 6) is 7.33. The van der Waals surface area contributed by atoms with Crippen LogP contribution in [-0.2, 0) is 13.0 Å². The molecule has 0 spiro atoms. The first kappa shape index (κ1) is 19.7. The van der Waals surface area contributed by atoms with Crippen molar-refractivity contribution in [1.82, 2.24) is 5.32 Å². The Bertz CT molecular complexity index is 903. The normalized spacial score (nSPS) is 11.4. The molecule has 0 fully saturated rings. The van der Waals surface area contributed by atoms with E-state index in [0.717, 1.165) is 29.8 Å². The Hall–Kier alpha value is -3.02. The molecule has 0 aromatic heterocycles. The predicted octanol–water partition coefficient (Wildman–Crippen LogP) is 5.21. The molecule has 1 atom stereocenters. The summed E-state index contributed by atoms with van der Waals surface area (Å²) >= 11 is 0. The van der Waals surface area contributed by atoms with E-state index in [2.05, 4.69) is 72.6 Å². The van der Waals surface area contributed by atoms with E-state index in [9.17, 15) is 0 Å². The largest absolute Gasteiger partial charge is 0.494 e. The van der Waals surface area contributed by atoms with Gasteiger partial charge in [0.2, 0.25) is 0 Å². The number of ether oxygens (including phenoxy) is 1. The molecular weight excluding hydrogens is 342 g/mol. The smallest absolute Gasteiger partial charge is 0.119 e. The second-order valence-corrected chi connectivity index (χ2v) is 6.88. The Labute approximate surface area is 168 Å². The van der Waals surface area contributed by atoms with Gasteiger partial charge in [-0.3, -0.25) is 0 Å². The highest BCUT2D eigenvalue weighted by atomic mass is 16.5. The highest BCUT2D eigenvalue weighted by Gasteiger charge is 2.03. The molecule has 0 radical (unpaired) electrons. The van der Waals surface area contributed by atoms with Crippen molar-refractivity contribution in [3.05, 3.63) is 101 Å². The predicted molar refractivity (Wildman–Crippen MR) is 116 cm³/mol. The van der Waals surface area contributed by atoms with Crippen LogP contribution in [0.1, 0.15) is 36.1 Å². The van der Waals surface area contributed by atoms with Crippen LogP contribution in [-0.4, -0.2) is 12.6 Å². The van der Waals surface area contributed by atoms with Crippen LogP contribution in [0.5, 0.6) is 5.75 Å². The number of hydrogen-bond donors (Lipinski definition) is 1. The molecule has 1 unspecified atom stereocenters. The van der Waals surface area contributed by atoms with E-state index >= 15 is 0 Å². The van der Waals surface area contributed by atoms with Crippen LogP contribution in [0.25, 0.3) is 0 Å². The third kappa shape index (κ3) is 6.30. The van der Waals surface area contributed by atoms with Crippen LogP contribution in [0.15, 0.2) is 78.9 Å². The molecule has 0 aliphatic carbocycles. The molecule has 0 saturated carbocycles. The zero-order valence-electron chi connectivity index (χ0n) is 16.6. The van der Waals surface area contributed by atoms with Gasteiger partial charge >= 0.3 is 0 Å². The number of nitrogens with one attached hydrogen (secondary N) is 1. The SMILES string of the molecule is CCOc1ccc(C#Cc2ccc(CC(C)NCc3ccccc3)cc2)cc1. The monoisotopic (exact) mass is 369 g/mol. The van der Waals surface area contributed by atoms with E-state index in [0.29, 0.717) is 12.6 Å². The Morgan fingerprint density at radius 3 is 2.00 bits per heavy atom. The maximum Gasteiger partial charge on any atom is 0.119 e. The minimum atomic E-state index is 0.418. The molecule has 28 heavy (non-hydrogen) atoms. The molecule has 0 heterocycles. The Balaban J connectivity index is 1.52. The molecule has 2 heteroatoms. The molecule has 0 amide bonds. The van der Waals surface area contributed by atoms with Crippen molar-refractivity contribution in [3.8, 4) is 17.6 Å². The molecule has 0 bridgehead atoms. The van der Waals surface area contributed by atoms with Crippen molar-refractivity contribution in [2.45, 2.75) is 32.9 Å². The van der Waals surface area contributed by atoms with Gasteiger partial charge in [-0.15, -0.1) is 0 Å². The summed E-state index contributed by atoms with van der Waals surface area (Å²) in [6, 6.07) is 27.4. The fraction of sp³-hybridized carbons (Fsp3) is 0.231. The van der Waals surface area contributed by atoms with Crippen molar-refractivity contribution >= 4 is 0 Å². The highest BCUT2D eigenvalue weighted by molar-refractivity contribution is 5.44. The lowest BCUT2D eigenvalue weighted by Crippen LogP contribution is -2.27. The lowest BCUT2D eigenvalue weighted by Gasteiger charge is -2.14. The minimum Gasteiger partial charge on any atom is -0.494 e. The van der Waals surface area contributed by atoms with Gasteiger partial charge in [0.25, 0.3) is 0 Å². The summed E-state index contributed by atoms with van der Waals surface area (Å²) < 4.78 is 5.46. The fourth-order valence-corrected chi connectivity index (χ4v) is 2.98. The van der Waals surface area contributed by atoms with Crippen LogP contribution in [0.3, 0.4) is 0 Å². The molecular formula is C26H27NO. The Morgan fingerprint density at radius 1 is 0.786 bits per heavy atom. The zero-order chi connectivity index (χ0) is 19.6. The van der Waals surface area contributed by atoms with Crippen molar-refractivity contribution < 1.29 is 4.74 Å². The second-order valence-electron chi connectivity index (χ2n) is 6.88. The van der Waals surface area contributed by atoms with Gasteiger partial charge < -0.3 is 10.1 Å². The van der Waals surface area contributed by atoms with Gasteiger partial charge in [0.15, 0.2) is 0 Å². The Kier molecular flexibility index (Phi) is 7.29.